The van der Waals surface area contributed by atoms with Gasteiger partial charge in [-0.25, -0.2) is 0 Å². The van der Waals surface area contributed by atoms with Crippen molar-refractivity contribution >= 4 is 0 Å². The Hall–Kier alpha value is -2.82. The lowest BCUT2D eigenvalue weighted by Gasteiger charge is -2.35. The van der Waals surface area contributed by atoms with Crippen LogP contribution in [-0.2, 0) is 6.54 Å². The summed E-state index contributed by atoms with van der Waals surface area (Å²) in [5.74, 6) is 2.09. The molecular weight excluding hydrogens is 374 g/mol. The van der Waals surface area contributed by atoms with E-state index in [1.165, 1.54) is 11.1 Å². The maximum Gasteiger partial charge on any atom is 0.169 e. The molecule has 156 valence electrons. The summed E-state index contributed by atoms with van der Waals surface area (Å²) in [7, 11) is 0. The summed E-state index contributed by atoms with van der Waals surface area (Å²) < 4.78 is 12.3. The number of aliphatic hydroxyl groups is 1. The topological polar surface area (TPSA) is 50.7 Å². The van der Waals surface area contributed by atoms with Gasteiger partial charge in [0.05, 0.1) is 0 Å². The van der Waals surface area contributed by atoms with Crippen LogP contribution in [0, 0.1) is 6.92 Å². The number of para-hydroxylation sites is 2. The monoisotopic (exact) mass is 403 g/mol. The molecule has 0 unspecified atom stereocenters. The summed E-state index contributed by atoms with van der Waals surface area (Å²) in [6.07, 6.45) is 1.93. The van der Waals surface area contributed by atoms with Gasteiger partial charge in [-0.1, -0.05) is 60.2 Å². The van der Waals surface area contributed by atoms with Crippen LogP contribution in [0.15, 0.2) is 78.9 Å². The van der Waals surface area contributed by atoms with Crippen LogP contribution >= 0.6 is 0 Å². The normalized spacial score (nSPS) is 21.2. The summed E-state index contributed by atoms with van der Waals surface area (Å²) in [4.78, 5) is 0. The highest BCUT2D eigenvalue weighted by molar-refractivity contribution is 5.43. The minimum Gasteiger partial charge on any atom is -0.484 e. The molecule has 0 bridgehead atoms. The Morgan fingerprint density at radius 1 is 0.867 bits per heavy atom. The first-order valence-electron chi connectivity index (χ1n) is 10.6. The zero-order valence-corrected chi connectivity index (χ0v) is 17.3. The van der Waals surface area contributed by atoms with Gasteiger partial charge in [0.15, 0.2) is 11.5 Å². The lowest BCUT2D eigenvalue weighted by Crippen LogP contribution is -2.50. The Balaban J connectivity index is 1.41. The number of nitrogens with one attached hydrogen (secondary N) is 1. The summed E-state index contributed by atoms with van der Waals surface area (Å²) in [5.41, 5.74) is 2.40. The quantitative estimate of drug-likeness (QED) is 0.567. The number of benzene rings is 3. The smallest absolute Gasteiger partial charge is 0.169 e. The number of rotatable bonds is 7. The molecule has 4 nitrogen and oxygen atoms in total. The first kappa shape index (κ1) is 20.5. The van der Waals surface area contributed by atoms with Crippen molar-refractivity contribution in [3.63, 3.8) is 0 Å². The van der Waals surface area contributed by atoms with E-state index in [4.69, 9.17) is 9.47 Å². The maximum absolute atomic E-state index is 11.0. The molecule has 3 aromatic rings. The zero-order valence-electron chi connectivity index (χ0n) is 17.3. The van der Waals surface area contributed by atoms with Crippen molar-refractivity contribution < 1.29 is 14.6 Å². The lowest BCUT2D eigenvalue weighted by molar-refractivity contribution is -0.0165. The van der Waals surface area contributed by atoms with E-state index in [-0.39, 0.29) is 12.1 Å². The molecule has 3 aromatic carbocycles. The minimum absolute atomic E-state index is 0.00846. The molecule has 3 atom stereocenters. The second-order valence-electron chi connectivity index (χ2n) is 7.91. The molecule has 0 spiro atoms. The van der Waals surface area contributed by atoms with Gasteiger partial charge < -0.3 is 19.9 Å². The van der Waals surface area contributed by atoms with Gasteiger partial charge in [-0.3, -0.25) is 0 Å². The first-order valence-corrected chi connectivity index (χ1v) is 10.6. The maximum atomic E-state index is 11.0. The van der Waals surface area contributed by atoms with Crippen molar-refractivity contribution in [2.45, 2.75) is 51.0 Å². The number of aliphatic hydroxyl groups excluding tert-OH is 1. The third-order valence-electron chi connectivity index (χ3n) is 5.58. The van der Waals surface area contributed by atoms with Crippen molar-refractivity contribution in [1.29, 1.82) is 0 Å². The molecule has 1 fully saturated rings. The molecule has 4 rings (SSSR count). The van der Waals surface area contributed by atoms with Crippen LogP contribution in [0.1, 0.15) is 30.4 Å². The van der Waals surface area contributed by atoms with Crippen LogP contribution in [0.3, 0.4) is 0 Å². The Labute approximate surface area is 178 Å². The third-order valence-corrected chi connectivity index (χ3v) is 5.58. The fraction of sp³-hybridized carbons (Fsp3) is 0.308. The molecule has 0 radical (unpaired) electrons. The van der Waals surface area contributed by atoms with Gasteiger partial charge in [0.2, 0.25) is 0 Å². The van der Waals surface area contributed by atoms with E-state index in [1.54, 1.807) is 0 Å². The van der Waals surface area contributed by atoms with Crippen molar-refractivity contribution in [3.05, 3.63) is 90.0 Å². The van der Waals surface area contributed by atoms with Gasteiger partial charge in [0.25, 0.3) is 0 Å². The second-order valence-corrected chi connectivity index (χ2v) is 7.91. The number of ether oxygens (including phenoxy) is 2. The number of hydrogen-bond donors (Lipinski definition) is 2. The minimum atomic E-state index is -0.574. The Kier molecular flexibility index (Phi) is 6.67. The summed E-state index contributed by atoms with van der Waals surface area (Å²) in [5, 5.41) is 14.5. The van der Waals surface area contributed by atoms with Crippen molar-refractivity contribution in [1.82, 2.24) is 5.32 Å². The molecule has 0 heterocycles. The van der Waals surface area contributed by atoms with Gasteiger partial charge in [0.1, 0.15) is 18.0 Å². The van der Waals surface area contributed by atoms with E-state index in [2.05, 4.69) is 17.4 Å². The second kappa shape index (κ2) is 9.79. The molecule has 1 aliphatic rings. The van der Waals surface area contributed by atoms with Crippen molar-refractivity contribution in [2.75, 3.05) is 0 Å². The standard InChI is InChI=1S/C26H29NO3/c1-19-14-16-21(17-15-19)29-23-11-5-6-12-24(23)30-25-13-7-10-22(26(25)28)27-18-20-8-3-2-4-9-20/h2-6,8-9,11-12,14-17,22,25-28H,7,10,13,18H2,1H3/t22-,25-,26-/m1/s1. The predicted octanol–water partition coefficient (Wildman–Crippen LogP) is 5.24. The molecule has 1 aliphatic carbocycles. The van der Waals surface area contributed by atoms with Gasteiger partial charge in [-0.05, 0) is 56.0 Å². The fourth-order valence-corrected chi connectivity index (χ4v) is 3.86. The molecule has 0 aromatic heterocycles. The third kappa shape index (κ3) is 5.21. The lowest BCUT2D eigenvalue weighted by atomic mass is 9.89. The van der Waals surface area contributed by atoms with E-state index in [9.17, 15) is 5.11 Å². The molecule has 30 heavy (non-hydrogen) atoms. The number of aryl methyl sites for hydroxylation is 1. The van der Waals surface area contributed by atoms with E-state index in [0.29, 0.717) is 11.5 Å². The summed E-state index contributed by atoms with van der Waals surface area (Å²) >= 11 is 0. The molecule has 2 N–H and O–H groups in total. The fourth-order valence-electron chi connectivity index (χ4n) is 3.86. The Morgan fingerprint density at radius 2 is 1.57 bits per heavy atom. The van der Waals surface area contributed by atoms with E-state index >= 15 is 0 Å². The highest BCUT2D eigenvalue weighted by Crippen LogP contribution is 2.34. The SMILES string of the molecule is Cc1ccc(Oc2ccccc2O[C@@H]2CCC[C@@H](NCc3ccccc3)[C@H]2O)cc1. The van der Waals surface area contributed by atoms with Gasteiger partial charge in [-0.15, -0.1) is 0 Å². The van der Waals surface area contributed by atoms with Crippen LogP contribution in [0.4, 0.5) is 0 Å². The molecule has 0 amide bonds. The van der Waals surface area contributed by atoms with E-state index < -0.39 is 6.10 Å². The van der Waals surface area contributed by atoms with Crippen molar-refractivity contribution in [2.24, 2.45) is 0 Å². The van der Waals surface area contributed by atoms with Gasteiger partial charge in [-0.2, -0.15) is 0 Å². The van der Waals surface area contributed by atoms with E-state index in [0.717, 1.165) is 31.6 Å². The van der Waals surface area contributed by atoms with Crippen LogP contribution in [0.25, 0.3) is 0 Å². The first-order chi connectivity index (χ1) is 14.7. The van der Waals surface area contributed by atoms with Crippen LogP contribution < -0.4 is 14.8 Å². The van der Waals surface area contributed by atoms with Gasteiger partial charge >= 0.3 is 0 Å². The molecule has 4 heteroatoms. The largest absolute Gasteiger partial charge is 0.484 e. The predicted molar refractivity (Wildman–Crippen MR) is 119 cm³/mol. The van der Waals surface area contributed by atoms with Crippen LogP contribution in [0.5, 0.6) is 17.2 Å². The highest BCUT2D eigenvalue weighted by Gasteiger charge is 2.33. The van der Waals surface area contributed by atoms with Gasteiger partial charge in [0, 0.05) is 12.6 Å². The van der Waals surface area contributed by atoms with Crippen LogP contribution in [0.2, 0.25) is 0 Å². The van der Waals surface area contributed by atoms with Crippen molar-refractivity contribution in [3.8, 4) is 17.2 Å². The molecule has 1 saturated carbocycles. The molecule has 0 aliphatic heterocycles. The Morgan fingerprint density at radius 3 is 2.33 bits per heavy atom. The molecular formula is C26H29NO3. The molecule has 0 saturated heterocycles. The summed E-state index contributed by atoms with van der Waals surface area (Å²) in [6.45, 7) is 2.79. The average Bonchev–Trinajstić information content (AvgIpc) is 2.78. The number of hydrogen-bond acceptors (Lipinski definition) is 4. The van der Waals surface area contributed by atoms with Crippen LogP contribution in [-0.4, -0.2) is 23.4 Å². The van der Waals surface area contributed by atoms with E-state index in [1.807, 2.05) is 73.7 Å². The Bertz CT molecular complexity index is 927. The average molecular weight is 404 g/mol. The zero-order chi connectivity index (χ0) is 20.8. The summed E-state index contributed by atoms with van der Waals surface area (Å²) in [6, 6.07) is 25.9. The highest BCUT2D eigenvalue weighted by atomic mass is 16.5.